The Bertz CT molecular complexity index is 740. The van der Waals surface area contributed by atoms with Crippen LogP contribution in [0.5, 0.6) is 0 Å². The van der Waals surface area contributed by atoms with E-state index >= 15 is 0 Å². The van der Waals surface area contributed by atoms with Crippen molar-refractivity contribution in [2.75, 3.05) is 11.4 Å². The van der Waals surface area contributed by atoms with E-state index in [0.717, 1.165) is 28.8 Å². The molecule has 0 radical (unpaired) electrons. The third kappa shape index (κ3) is 3.64. The third-order valence-electron chi connectivity index (χ3n) is 4.65. The minimum absolute atomic E-state index is 0.0462. The quantitative estimate of drug-likeness (QED) is 0.770. The van der Waals surface area contributed by atoms with Gasteiger partial charge in [-0.1, -0.05) is 54.0 Å². The van der Waals surface area contributed by atoms with Crippen LogP contribution in [-0.2, 0) is 11.3 Å². The zero-order chi connectivity index (χ0) is 17.3. The Morgan fingerprint density at radius 2 is 1.96 bits per heavy atom. The molecule has 126 valence electrons. The van der Waals surface area contributed by atoms with Crippen LogP contribution < -0.4 is 4.90 Å². The lowest BCUT2D eigenvalue weighted by molar-refractivity contribution is -0.137. The number of nitrogens with zero attached hydrogens (tertiary/aromatic N) is 1. The second-order valence-corrected chi connectivity index (χ2v) is 7.69. The highest BCUT2D eigenvalue weighted by Crippen LogP contribution is 2.40. The zero-order valence-electron chi connectivity index (χ0n) is 14.0. The Hall–Kier alpha value is -1.81. The summed E-state index contributed by atoms with van der Waals surface area (Å²) in [6, 6.07) is 14.9. The van der Waals surface area contributed by atoms with Gasteiger partial charge in [-0.25, -0.2) is 0 Å². The SMILES string of the molecule is CC(C)c1ccc(CN2CC(CC(=O)O)c3cc(Br)ccc32)cc1. The maximum atomic E-state index is 11.2. The van der Waals surface area contributed by atoms with Gasteiger partial charge in [0.25, 0.3) is 0 Å². The number of rotatable bonds is 5. The molecule has 3 rings (SSSR count). The van der Waals surface area contributed by atoms with Crippen molar-refractivity contribution in [1.82, 2.24) is 0 Å². The molecule has 1 atom stereocenters. The fraction of sp³-hybridized carbons (Fsp3) is 0.350. The third-order valence-corrected chi connectivity index (χ3v) is 5.14. The predicted octanol–water partition coefficient (Wildman–Crippen LogP) is 5.15. The first-order valence-corrected chi connectivity index (χ1v) is 9.08. The Morgan fingerprint density at radius 1 is 1.25 bits per heavy atom. The minimum atomic E-state index is -0.742. The number of hydrogen-bond donors (Lipinski definition) is 1. The number of carbonyl (C=O) groups is 1. The lowest BCUT2D eigenvalue weighted by Gasteiger charge is -2.20. The number of benzene rings is 2. The van der Waals surface area contributed by atoms with E-state index in [1.165, 1.54) is 11.1 Å². The largest absolute Gasteiger partial charge is 0.481 e. The maximum absolute atomic E-state index is 11.2. The summed E-state index contributed by atoms with van der Waals surface area (Å²) in [4.78, 5) is 13.5. The molecular weight excluding hydrogens is 366 g/mol. The van der Waals surface area contributed by atoms with E-state index in [1.54, 1.807) is 0 Å². The van der Waals surface area contributed by atoms with Gasteiger partial charge >= 0.3 is 5.97 Å². The molecule has 2 aromatic rings. The van der Waals surface area contributed by atoms with Gasteiger partial charge in [0.1, 0.15) is 0 Å². The highest BCUT2D eigenvalue weighted by Gasteiger charge is 2.30. The van der Waals surface area contributed by atoms with Crippen molar-refractivity contribution in [1.29, 1.82) is 0 Å². The Kier molecular flexibility index (Phi) is 4.95. The normalized spacial score (nSPS) is 16.5. The van der Waals surface area contributed by atoms with Crippen LogP contribution >= 0.6 is 15.9 Å². The average Bonchev–Trinajstić information content (AvgIpc) is 2.84. The topological polar surface area (TPSA) is 40.5 Å². The van der Waals surface area contributed by atoms with E-state index in [2.05, 4.69) is 71.1 Å². The fourth-order valence-corrected chi connectivity index (χ4v) is 3.75. The van der Waals surface area contributed by atoms with Crippen molar-refractivity contribution in [3.63, 3.8) is 0 Å². The van der Waals surface area contributed by atoms with Gasteiger partial charge in [-0.2, -0.15) is 0 Å². The molecule has 0 bridgehead atoms. The summed E-state index contributed by atoms with van der Waals surface area (Å²) in [5.41, 5.74) is 4.88. The Labute approximate surface area is 151 Å². The number of anilines is 1. The van der Waals surface area contributed by atoms with Gasteiger partial charge in [-0.05, 0) is 40.8 Å². The van der Waals surface area contributed by atoms with E-state index < -0.39 is 5.97 Å². The molecule has 0 aliphatic carbocycles. The lowest BCUT2D eigenvalue weighted by atomic mass is 9.98. The maximum Gasteiger partial charge on any atom is 0.304 e. The highest BCUT2D eigenvalue weighted by molar-refractivity contribution is 9.10. The van der Waals surface area contributed by atoms with E-state index in [9.17, 15) is 9.90 Å². The van der Waals surface area contributed by atoms with Crippen LogP contribution in [0, 0.1) is 0 Å². The Morgan fingerprint density at radius 3 is 2.58 bits per heavy atom. The molecule has 0 amide bonds. The Balaban J connectivity index is 1.83. The first kappa shape index (κ1) is 17.0. The van der Waals surface area contributed by atoms with Crippen LogP contribution in [0.2, 0.25) is 0 Å². The molecule has 0 fully saturated rings. The van der Waals surface area contributed by atoms with Crippen LogP contribution in [0.1, 0.15) is 48.8 Å². The summed E-state index contributed by atoms with van der Waals surface area (Å²) >= 11 is 3.50. The molecule has 1 heterocycles. The van der Waals surface area contributed by atoms with Gasteiger partial charge in [-0.3, -0.25) is 4.79 Å². The first-order chi connectivity index (χ1) is 11.4. The molecule has 3 nitrogen and oxygen atoms in total. The fourth-order valence-electron chi connectivity index (χ4n) is 3.37. The van der Waals surface area contributed by atoms with Gasteiger partial charge in [-0.15, -0.1) is 0 Å². The molecule has 24 heavy (non-hydrogen) atoms. The minimum Gasteiger partial charge on any atom is -0.481 e. The second kappa shape index (κ2) is 6.98. The molecule has 1 unspecified atom stereocenters. The van der Waals surface area contributed by atoms with Crippen molar-refractivity contribution >= 4 is 27.6 Å². The molecular formula is C20H22BrNO2. The van der Waals surface area contributed by atoms with Gasteiger partial charge in [0.2, 0.25) is 0 Å². The number of carboxylic acid groups (broad SMARTS) is 1. The van der Waals surface area contributed by atoms with E-state index in [4.69, 9.17) is 0 Å². The van der Waals surface area contributed by atoms with Crippen LogP contribution in [-0.4, -0.2) is 17.6 Å². The van der Waals surface area contributed by atoms with Crippen molar-refractivity contribution in [2.45, 2.75) is 38.6 Å². The summed E-state index contributed by atoms with van der Waals surface area (Å²) in [5.74, 6) is -0.164. The van der Waals surface area contributed by atoms with Crippen LogP contribution in [0.3, 0.4) is 0 Å². The standard InChI is InChI=1S/C20H22BrNO2/c1-13(2)15-5-3-14(4-6-15)11-22-12-16(9-20(23)24)18-10-17(21)7-8-19(18)22/h3-8,10,13,16H,9,11-12H2,1-2H3,(H,23,24). The van der Waals surface area contributed by atoms with Gasteiger partial charge in [0, 0.05) is 29.2 Å². The number of fused-ring (bicyclic) bond motifs is 1. The van der Waals surface area contributed by atoms with Crippen molar-refractivity contribution in [3.05, 3.63) is 63.6 Å². The summed E-state index contributed by atoms with van der Waals surface area (Å²) in [6.45, 7) is 5.95. The predicted molar refractivity (Wildman–Crippen MR) is 101 cm³/mol. The number of halogens is 1. The molecule has 1 aliphatic heterocycles. The van der Waals surface area contributed by atoms with Crippen LogP contribution in [0.4, 0.5) is 5.69 Å². The van der Waals surface area contributed by atoms with Gasteiger partial charge in [0.15, 0.2) is 0 Å². The molecule has 0 spiro atoms. The van der Waals surface area contributed by atoms with Gasteiger partial charge < -0.3 is 10.0 Å². The van der Waals surface area contributed by atoms with Crippen molar-refractivity contribution in [3.8, 4) is 0 Å². The average molecular weight is 388 g/mol. The first-order valence-electron chi connectivity index (χ1n) is 8.29. The molecule has 1 N–H and O–H groups in total. The van der Waals surface area contributed by atoms with E-state index in [0.29, 0.717) is 5.92 Å². The molecule has 4 heteroatoms. The lowest BCUT2D eigenvalue weighted by Crippen LogP contribution is -2.22. The molecule has 0 saturated heterocycles. The molecule has 2 aromatic carbocycles. The van der Waals surface area contributed by atoms with Crippen LogP contribution in [0.15, 0.2) is 46.9 Å². The molecule has 0 saturated carbocycles. The molecule has 1 aliphatic rings. The monoisotopic (exact) mass is 387 g/mol. The second-order valence-electron chi connectivity index (χ2n) is 6.77. The number of aliphatic carboxylic acids is 1. The molecule has 0 aromatic heterocycles. The van der Waals surface area contributed by atoms with Gasteiger partial charge in [0.05, 0.1) is 6.42 Å². The summed E-state index contributed by atoms with van der Waals surface area (Å²) < 4.78 is 1.000. The summed E-state index contributed by atoms with van der Waals surface area (Å²) in [5, 5.41) is 9.20. The number of hydrogen-bond acceptors (Lipinski definition) is 2. The van der Waals surface area contributed by atoms with Crippen molar-refractivity contribution < 1.29 is 9.90 Å². The highest BCUT2D eigenvalue weighted by atomic mass is 79.9. The smallest absolute Gasteiger partial charge is 0.304 e. The van der Waals surface area contributed by atoms with Crippen LogP contribution in [0.25, 0.3) is 0 Å². The summed E-state index contributed by atoms with van der Waals surface area (Å²) in [7, 11) is 0. The summed E-state index contributed by atoms with van der Waals surface area (Å²) in [6.07, 6.45) is 0.173. The van der Waals surface area contributed by atoms with E-state index in [1.807, 2.05) is 6.07 Å². The zero-order valence-corrected chi connectivity index (χ0v) is 15.6. The van der Waals surface area contributed by atoms with E-state index in [-0.39, 0.29) is 12.3 Å². The number of carboxylic acids is 1. The van der Waals surface area contributed by atoms with Crippen molar-refractivity contribution in [2.24, 2.45) is 0 Å².